The van der Waals surface area contributed by atoms with Gasteiger partial charge in [0.15, 0.2) is 5.82 Å². The number of halogens is 3. The highest BCUT2D eigenvalue weighted by atomic mass is 35.5. The van der Waals surface area contributed by atoms with Crippen LogP contribution in [0.1, 0.15) is 19.3 Å². The predicted molar refractivity (Wildman–Crippen MR) is 200 cm³/mol. The van der Waals surface area contributed by atoms with Crippen molar-refractivity contribution in [1.82, 2.24) is 29.7 Å². The third-order valence-electron chi connectivity index (χ3n) is 11.1. The second kappa shape index (κ2) is 15.4. The van der Waals surface area contributed by atoms with E-state index in [2.05, 4.69) is 24.8 Å². The Morgan fingerprint density at radius 1 is 1.08 bits per heavy atom. The number of pyridine rings is 1. The lowest BCUT2D eigenvalue weighted by atomic mass is 9.91. The lowest BCUT2D eigenvalue weighted by molar-refractivity contribution is -0.164. The fourth-order valence-electron chi connectivity index (χ4n) is 8.32. The fraction of sp³-hybridized carbons (Fsp3) is 0.487. The van der Waals surface area contributed by atoms with Gasteiger partial charge in [0.2, 0.25) is 5.91 Å². The average molecular weight is 748 g/mol. The molecule has 2 unspecified atom stereocenters. The summed E-state index contributed by atoms with van der Waals surface area (Å²) in [5, 5.41) is 2.57. The SMILES string of the molecule is COc1nc(N2CCN(C(=O)/C=C/CN3CCOCC3)C3(COC3)C2)c2cnc(-c3cccc4cccc(Cl)c34)c(F)c2n1.FC1CC2CCCN2C1. The molecule has 1 spiro atoms. The average Bonchev–Trinajstić information content (AvgIpc) is 3.75. The van der Waals surface area contributed by atoms with E-state index in [-0.39, 0.29) is 23.1 Å². The molecule has 53 heavy (non-hydrogen) atoms. The van der Waals surface area contributed by atoms with Crippen LogP contribution >= 0.6 is 11.6 Å². The van der Waals surface area contributed by atoms with Crippen LogP contribution in [-0.4, -0.2) is 139 Å². The number of carbonyl (C=O) groups excluding carboxylic acids is 1. The molecule has 280 valence electrons. The Morgan fingerprint density at radius 2 is 1.89 bits per heavy atom. The highest BCUT2D eigenvalue weighted by Gasteiger charge is 2.50. The van der Waals surface area contributed by atoms with Gasteiger partial charge >= 0.3 is 6.01 Å². The van der Waals surface area contributed by atoms with Crippen molar-refractivity contribution in [1.29, 1.82) is 0 Å². The number of hydrogen-bond acceptors (Lipinski definition) is 10. The van der Waals surface area contributed by atoms with Crippen molar-refractivity contribution in [2.75, 3.05) is 90.8 Å². The summed E-state index contributed by atoms with van der Waals surface area (Å²) in [5.74, 6) is -0.128. The summed E-state index contributed by atoms with van der Waals surface area (Å²) >= 11 is 6.55. The largest absolute Gasteiger partial charge is 0.467 e. The second-order valence-corrected chi connectivity index (χ2v) is 14.8. The molecule has 1 amide bonds. The Bertz CT molecular complexity index is 1990. The number of carbonyl (C=O) groups is 1. The van der Waals surface area contributed by atoms with Crippen molar-refractivity contribution in [3.63, 3.8) is 0 Å². The molecular weight excluding hydrogens is 704 g/mol. The number of alkyl halides is 1. The maximum Gasteiger partial charge on any atom is 0.318 e. The second-order valence-electron chi connectivity index (χ2n) is 14.4. The van der Waals surface area contributed by atoms with Crippen molar-refractivity contribution in [2.24, 2.45) is 0 Å². The molecule has 14 heteroatoms. The summed E-state index contributed by atoms with van der Waals surface area (Å²) < 4.78 is 45.4. The molecule has 4 aromatic rings. The number of benzene rings is 2. The van der Waals surface area contributed by atoms with Gasteiger partial charge < -0.3 is 24.0 Å². The molecule has 5 fully saturated rings. The first-order valence-electron chi connectivity index (χ1n) is 18.4. The summed E-state index contributed by atoms with van der Waals surface area (Å²) in [7, 11) is 1.45. The van der Waals surface area contributed by atoms with E-state index in [1.807, 2.05) is 40.1 Å². The molecule has 0 saturated carbocycles. The molecule has 0 bridgehead atoms. The monoisotopic (exact) mass is 747 g/mol. The Labute approximate surface area is 312 Å². The summed E-state index contributed by atoms with van der Waals surface area (Å²) in [6, 6.07) is 11.8. The van der Waals surface area contributed by atoms with Crippen LogP contribution in [0.3, 0.4) is 0 Å². The molecule has 2 aromatic carbocycles. The molecule has 0 aliphatic carbocycles. The van der Waals surface area contributed by atoms with Crippen molar-refractivity contribution >= 4 is 45.0 Å². The first-order chi connectivity index (χ1) is 25.8. The third kappa shape index (κ3) is 7.17. The number of anilines is 1. The maximum absolute atomic E-state index is 16.4. The molecule has 0 radical (unpaired) electrons. The zero-order chi connectivity index (χ0) is 36.5. The zero-order valence-electron chi connectivity index (χ0n) is 29.9. The van der Waals surface area contributed by atoms with Crippen LogP contribution in [0.4, 0.5) is 14.6 Å². The van der Waals surface area contributed by atoms with Crippen LogP contribution in [0, 0.1) is 5.82 Å². The van der Waals surface area contributed by atoms with Gasteiger partial charge in [0, 0.05) is 80.1 Å². The fourth-order valence-corrected chi connectivity index (χ4v) is 8.61. The van der Waals surface area contributed by atoms with Crippen LogP contribution < -0.4 is 9.64 Å². The molecular formula is C39H44ClF2N7O4. The third-order valence-corrected chi connectivity index (χ3v) is 11.4. The van der Waals surface area contributed by atoms with E-state index < -0.39 is 17.5 Å². The molecule has 11 nitrogen and oxygen atoms in total. The lowest BCUT2D eigenvalue weighted by Gasteiger charge is -2.55. The lowest BCUT2D eigenvalue weighted by Crippen LogP contribution is -2.72. The molecule has 9 rings (SSSR count). The number of morpholine rings is 1. The summed E-state index contributed by atoms with van der Waals surface area (Å²) in [5.41, 5.74) is 0.302. The van der Waals surface area contributed by atoms with E-state index in [9.17, 15) is 9.18 Å². The molecule has 5 aliphatic heterocycles. The van der Waals surface area contributed by atoms with Gasteiger partial charge in [0.1, 0.15) is 28.7 Å². The summed E-state index contributed by atoms with van der Waals surface area (Å²) in [4.78, 5) is 35.4. The Morgan fingerprint density at radius 3 is 2.64 bits per heavy atom. The van der Waals surface area contributed by atoms with E-state index in [1.54, 1.807) is 24.4 Å². The van der Waals surface area contributed by atoms with Crippen LogP contribution in [0.5, 0.6) is 6.01 Å². The van der Waals surface area contributed by atoms with Crippen molar-refractivity contribution in [3.05, 3.63) is 65.6 Å². The zero-order valence-corrected chi connectivity index (χ0v) is 30.6. The number of ether oxygens (including phenoxy) is 3. The van der Waals surface area contributed by atoms with Gasteiger partial charge in [-0.2, -0.15) is 9.97 Å². The number of hydrogen-bond donors (Lipinski definition) is 0. The van der Waals surface area contributed by atoms with Gasteiger partial charge in [0.25, 0.3) is 0 Å². The number of rotatable bonds is 6. The van der Waals surface area contributed by atoms with Crippen molar-refractivity contribution in [3.8, 4) is 17.3 Å². The Hall–Kier alpha value is -4.01. The quantitative estimate of drug-likeness (QED) is 0.247. The summed E-state index contributed by atoms with van der Waals surface area (Å²) in [6.07, 6.45) is 8.00. The van der Waals surface area contributed by atoms with E-state index in [0.29, 0.717) is 87.0 Å². The van der Waals surface area contributed by atoms with E-state index in [4.69, 9.17) is 25.8 Å². The Balaban J connectivity index is 0.000000386. The van der Waals surface area contributed by atoms with E-state index in [0.717, 1.165) is 36.8 Å². The first-order valence-corrected chi connectivity index (χ1v) is 18.8. The number of aromatic nitrogens is 3. The number of nitrogens with zero attached hydrogens (tertiary/aromatic N) is 7. The number of piperazine rings is 1. The van der Waals surface area contributed by atoms with Gasteiger partial charge in [-0.1, -0.05) is 48.0 Å². The maximum atomic E-state index is 16.4. The molecule has 5 saturated heterocycles. The molecule has 5 aliphatic rings. The smallest absolute Gasteiger partial charge is 0.318 e. The van der Waals surface area contributed by atoms with Crippen LogP contribution in [-0.2, 0) is 14.3 Å². The standard InChI is InChI=1S/C32H32ClFN6O4.C7H12FN/c1-42-31-36-29-23(17-35-28(27(29)34)22-7-2-5-21-6-3-8-24(33)26(21)22)30(37-31)39-11-12-40(32(18-39)19-44-20-32)25(41)9-4-10-38-13-15-43-16-14-38;8-6-4-7-2-1-3-9(7)5-6/h2-9,17H,10-16,18-20H2,1H3;6-7H,1-5H2/b9-4+;. The van der Waals surface area contributed by atoms with Crippen LogP contribution in [0.25, 0.3) is 32.9 Å². The topological polar surface area (TPSA) is 96.4 Å². The van der Waals surface area contributed by atoms with Gasteiger partial charge in [-0.15, -0.1) is 0 Å². The molecule has 2 aromatic heterocycles. The molecule has 2 atom stereocenters. The highest BCUT2D eigenvalue weighted by molar-refractivity contribution is 6.36. The van der Waals surface area contributed by atoms with Gasteiger partial charge in [0.05, 0.1) is 38.9 Å². The number of fused-ring (bicyclic) bond motifs is 3. The van der Waals surface area contributed by atoms with Crippen molar-refractivity contribution < 1.29 is 27.8 Å². The Kier molecular flexibility index (Phi) is 10.4. The van der Waals surface area contributed by atoms with Crippen LogP contribution in [0.2, 0.25) is 5.02 Å². The minimum atomic E-state index is -0.585. The molecule has 7 heterocycles. The number of amides is 1. The predicted octanol–water partition coefficient (Wildman–Crippen LogP) is 5.14. The van der Waals surface area contributed by atoms with Gasteiger partial charge in [-0.05, 0) is 37.3 Å². The minimum absolute atomic E-state index is 0.0440. The minimum Gasteiger partial charge on any atom is -0.467 e. The van der Waals surface area contributed by atoms with Crippen LogP contribution in [0.15, 0.2) is 54.7 Å². The van der Waals surface area contributed by atoms with Gasteiger partial charge in [-0.3, -0.25) is 19.6 Å². The first kappa shape index (κ1) is 36.0. The molecule has 0 N–H and O–H groups in total. The van der Waals surface area contributed by atoms with Crippen molar-refractivity contribution in [2.45, 2.75) is 37.0 Å². The summed E-state index contributed by atoms with van der Waals surface area (Å²) in [6.45, 7) is 7.94. The highest BCUT2D eigenvalue weighted by Crippen LogP contribution is 2.39. The van der Waals surface area contributed by atoms with E-state index >= 15 is 4.39 Å². The number of methoxy groups -OCH3 is 1. The normalized spacial score (nSPS) is 23.0. The van der Waals surface area contributed by atoms with E-state index in [1.165, 1.54) is 20.0 Å². The van der Waals surface area contributed by atoms with Gasteiger partial charge in [-0.25, -0.2) is 8.78 Å².